The molecule has 1 aliphatic rings. The summed E-state index contributed by atoms with van der Waals surface area (Å²) in [5.41, 5.74) is 2.95. The van der Waals surface area contributed by atoms with E-state index in [9.17, 15) is 9.59 Å². The Hall–Kier alpha value is -2.10. The van der Waals surface area contributed by atoms with E-state index in [0.717, 1.165) is 24.1 Å². The van der Waals surface area contributed by atoms with Crippen LogP contribution < -0.4 is 5.32 Å². The smallest absolute Gasteiger partial charge is 0.306 e. The van der Waals surface area contributed by atoms with E-state index >= 15 is 0 Å². The summed E-state index contributed by atoms with van der Waals surface area (Å²) in [6, 6.07) is 7.40. The molecule has 0 saturated carbocycles. The number of carboxylic acid groups (broad SMARTS) is 1. The lowest BCUT2D eigenvalue weighted by atomic mass is 9.97. The third-order valence-electron chi connectivity index (χ3n) is 3.97. The minimum atomic E-state index is -0.793. The second kappa shape index (κ2) is 7.78. The molecule has 0 aliphatic heterocycles. The van der Waals surface area contributed by atoms with Gasteiger partial charge in [0.1, 0.15) is 0 Å². The van der Waals surface area contributed by atoms with Gasteiger partial charge in [0, 0.05) is 12.1 Å². The van der Waals surface area contributed by atoms with Crippen LogP contribution in [0.25, 0.3) is 0 Å². The first-order valence-corrected chi connectivity index (χ1v) is 7.84. The van der Waals surface area contributed by atoms with Crippen LogP contribution >= 0.6 is 0 Å². The van der Waals surface area contributed by atoms with E-state index in [0.29, 0.717) is 12.8 Å². The van der Waals surface area contributed by atoms with Crippen LogP contribution in [0.4, 0.5) is 5.69 Å². The van der Waals surface area contributed by atoms with Crippen LogP contribution in [0, 0.1) is 5.92 Å². The minimum absolute atomic E-state index is 0.0137. The molecule has 1 aromatic rings. The molecule has 0 aromatic heterocycles. The fourth-order valence-corrected chi connectivity index (χ4v) is 2.64. The molecule has 0 bridgehead atoms. The van der Waals surface area contributed by atoms with Crippen molar-refractivity contribution in [3.05, 3.63) is 41.5 Å². The van der Waals surface area contributed by atoms with Crippen LogP contribution in [0.3, 0.4) is 0 Å². The monoisotopic (exact) mass is 301 g/mol. The van der Waals surface area contributed by atoms with Gasteiger partial charge in [-0.15, -0.1) is 0 Å². The second-order valence-electron chi connectivity index (χ2n) is 5.97. The van der Waals surface area contributed by atoms with E-state index < -0.39 is 11.9 Å². The summed E-state index contributed by atoms with van der Waals surface area (Å²) in [6.45, 7) is 1.69. The number of nitrogens with one attached hydrogen (secondary N) is 1. The maximum Gasteiger partial charge on any atom is 0.306 e. The Kier molecular flexibility index (Phi) is 5.75. The molecule has 1 unspecified atom stereocenters. The normalized spacial score (nSPS) is 15.8. The summed E-state index contributed by atoms with van der Waals surface area (Å²) >= 11 is 0. The largest absolute Gasteiger partial charge is 0.481 e. The van der Waals surface area contributed by atoms with Gasteiger partial charge in [0.2, 0.25) is 5.91 Å². The number of allylic oxidation sites excluding steroid dienone is 1. The third kappa shape index (κ3) is 5.02. The molecule has 1 amide bonds. The van der Waals surface area contributed by atoms with Crippen LogP contribution in [0.5, 0.6) is 0 Å². The number of hydrogen-bond donors (Lipinski definition) is 2. The van der Waals surface area contributed by atoms with E-state index in [1.165, 1.54) is 18.4 Å². The zero-order valence-electron chi connectivity index (χ0n) is 13.0. The molecule has 0 fully saturated rings. The number of carbonyl (C=O) groups is 2. The van der Waals surface area contributed by atoms with E-state index in [1.54, 1.807) is 6.92 Å². The Morgan fingerprint density at radius 1 is 1.23 bits per heavy atom. The number of aliphatic carboxylic acids is 1. The molecule has 0 radical (unpaired) electrons. The highest BCUT2D eigenvalue weighted by Crippen LogP contribution is 2.21. The van der Waals surface area contributed by atoms with Crippen molar-refractivity contribution >= 4 is 17.6 Å². The summed E-state index contributed by atoms with van der Waals surface area (Å²) in [6.07, 6.45) is 7.66. The van der Waals surface area contributed by atoms with Crippen LogP contribution in [0.2, 0.25) is 0 Å². The summed E-state index contributed by atoms with van der Waals surface area (Å²) < 4.78 is 0. The van der Waals surface area contributed by atoms with Crippen LogP contribution in [-0.4, -0.2) is 17.0 Å². The maximum atomic E-state index is 12.0. The topological polar surface area (TPSA) is 66.4 Å². The highest BCUT2D eigenvalue weighted by atomic mass is 16.4. The van der Waals surface area contributed by atoms with E-state index in [1.807, 2.05) is 24.3 Å². The van der Waals surface area contributed by atoms with Gasteiger partial charge in [-0.25, -0.2) is 0 Å². The highest BCUT2D eigenvalue weighted by Gasteiger charge is 2.12. The van der Waals surface area contributed by atoms with Gasteiger partial charge >= 0.3 is 5.97 Å². The Bertz CT molecular complexity index is 560. The number of amides is 1. The van der Waals surface area contributed by atoms with Crippen LogP contribution in [0.15, 0.2) is 35.9 Å². The Morgan fingerprint density at radius 2 is 1.95 bits per heavy atom. The second-order valence-corrected chi connectivity index (χ2v) is 5.97. The van der Waals surface area contributed by atoms with Gasteiger partial charge in [0.25, 0.3) is 0 Å². The Balaban J connectivity index is 1.86. The van der Waals surface area contributed by atoms with Crippen molar-refractivity contribution in [2.75, 3.05) is 5.32 Å². The number of rotatable bonds is 6. The van der Waals surface area contributed by atoms with Gasteiger partial charge in [-0.3, -0.25) is 9.59 Å². The van der Waals surface area contributed by atoms with E-state index in [2.05, 4.69) is 11.4 Å². The van der Waals surface area contributed by atoms with Crippen LogP contribution in [0.1, 0.15) is 44.6 Å². The first-order valence-electron chi connectivity index (χ1n) is 7.84. The summed E-state index contributed by atoms with van der Waals surface area (Å²) in [5, 5.41) is 11.8. The first-order chi connectivity index (χ1) is 10.5. The minimum Gasteiger partial charge on any atom is -0.481 e. The Labute approximate surface area is 131 Å². The molecule has 0 spiro atoms. The average Bonchev–Trinajstić information content (AvgIpc) is 2.50. The summed E-state index contributed by atoms with van der Waals surface area (Å²) in [7, 11) is 0. The average molecular weight is 301 g/mol. The lowest BCUT2D eigenvalue weighted by molar-refractivity contribution is -0.141. The van der Waals surface area contributed by atoms with Crippen LogP contribution in [-0.2, 0) is 16.0 Å². The molecular weight excluding hydrogens is 278 g/mol. The van der Waals surface area contributed by atoms with E-state index in [-0.39, 0.29) is 5.91 Å². The van der Waals surface area contributed by atoms with Crippen molar-refractivity contribution in [1.29, 1.82) is 0 Å². The molecule has 1 aliphatic carbocycles. The molecule has 0 saturated heterocycles. The molecule has 1 aromatic carbocycles. The molecular formula is C18H23NO3. The predicted molar refractivity (Wildman–Crippen MR) is 86.7 cm³/mol. The van der Waals surface area contributed by atoms with Crippen molar-refractivity contribution < 1.29 is 14.7 Å². The number of benzene rings is 1. The van der Waals surface area contributed by atoms with Crippen molar-refractivity contribution in [1.82, 2.24) is 0 Å². The van der Waals surface area contributed by atoms with Crippen molar-refractivity contribution in [2.24, 2.45) is 5.92 Å². The first kappa shape index (κ1) is 16.3. The standard InChI is InChI=1S/C18H23NO3/c1-13(18(21)22)11-15-7-9-16(10-8-15)19-17(20)12-14-5-3-2-4-6-14/h5,7-10,13H,2-4,6,11-12H2,1H3,(H,19,20)(H,21,22). The zero-order chi connectivity index (χ0) is 15.9. The molecule has 22 heavy (non-hydrogen) atoms. The van der Waals surface area contributed by atoms with Gasteiger partial charge in [0.05, 0.1) is 5.92 Å². The number of anilines is 1. The molecule has 118 valence electrons. The fourth-order valence-electron chi connectivity index (χ4n) is 2.64. The zero-order valence-corrected chi connectivity index (χ0v) is 13.0. The molecule has 2 N–H and O–H groups in total. The van der Waals surface area contributed by atoms with Crippen molar-refractivity contribution in [2.45, 2.75) is 45.4 Å². The third-order valence-corrected chi connectivity index (χ3v) is 3.97. The van der Waals surface area contributed by atoms with E-state index in [4.69, 9.17) is 5.11 Å². The van der Waals surface area contributed by atoms with Gasteiger partial charge in [-0.2, -0.15) is 0 Å². The number of hydrogen-bond acceptors (Lipinski definition) is 2. The molecule has 4 heteroatoms. The predicted octanol–water partition coefficient (Wildman–Crippen LogP) is 3.78. The van der Waals surface area contributed by atoms with Gasteiger partial charge < -0.3 is 10.4 Å². The summed E-state index contributed by atoms with van der Waals surface area (Å²) in [5.74, 6) is -1.18. The number of carboxylic acids is 1. The molecule has 0 heterocycles. The molecule has 1 atom stereocenters. The SMILES string of the molecule is CC(Cc1ccc(NC(=O)CC2=CCCCC2)cc1)C(=O)O. The quantitative estimate of drug-likeness (QED) is 0.786. The fraction of sp³-hybridized carbons (Fsp3) is 0.444. The lowest BCUT2D eigenvalue weighted by Crippen LogP contribution is -2.14. The molecule has 2 rings (SSSR count). The van der Waals surface area contributed by atoms with Gasteiger partial charge in [-0.1, -0.05) is 30.7 Å². The van der Waals surface area contributed by atoms with Gasteiger partial charge in [0.15, 0.2) is 0 Å². The Morgan fingerprint density at radius 3 is 2.55 bits per heavy atom. The highest BCUT2D eigenvalue weighted by molar-refractivity contribution is 5.92. The number of carbonyl (C=O) groups excluding carboxylic acids is 1. The van der Waals surface area contributed by atoms with Crippen molar-refractivity contribution in [3.8, 4) is 0 Å². The van der Waals surface area contributed by atoms with Gasteiger partial charge in [-0.05, 0) is 49.8 Å². The lowest BCUT2D eigenvalue weighted by Gasteiger charge is -2.13. The molecule has 4 nitrogen and oxygen atoms in total. The van der Waals surface area contributed by atoms with Crippen molar-refractivity contribution in [3.63, 3.8) is 0 Å². The summed E-state index contributed by atoms with van der Waals surface area (Å²) in [4.78, 5) is 22.8. The maximum absolute atomic E-state index is 12.0.